The molecule has 3 N–H and O–H groups in total. The number of hydrogen-bond donors (Lipinski definition) is 3. The summed E-state index contributed by atoms with van der Waals surface area (Å²) >= 11 is 0. The molecule has 1 saturated carbocycles. The van der Waals surface area contributed by atoms with Gasteiger partial charge in [-0.05, 0) is 31.4 Å². The number of carbonyl (C=O) groups excluding carboxylic acids is 3. The van der Waals surface area contributed by atoms with Crippen molar-refractivity contribution in [2.24, 2.45) is 5.92 Å². The molecule has 2 aromatic rings. The maximum atomic E-state index is 14.4. The van der Waals surface area contributed by atoms with Gasteiger partial charge in [0.25, 0.3) is 11.8 Å². The standard InChI is InChI=1S/C20H21FN4O4/c1-10-4-7-13(21)16(17(10)29-3)20(28)24-14-8-15(25-18(26)11-5-6-11)23-9-12(14)19(27)22-2/h4,7-9,11H,5-6H2,1-3H3,(H,22,27)(H2,23,24,25,26,28). The van der Waals surface area contributed by atoms with E-state index in [2.05, 4.69) is 20.9 Å². The molecule has 1 aliphatic rings. The lowest BCUT2D eigenvalue weighted by Gasteiger charge is -2.15. The van der Waals surface area contributed by atoms with Crippen LogP contribution < -0.4 is 20.7 Å². The molecule has 1 aromatic carbocycles. The molecule has 0 spiro atoms. The van der Waals surface area contributed by atoms with E-state index in [1.165, 1.54) is 38.6 Å². The first-order valence-corrected chi connectivity index (χ1v) is 9.03. The highest BCUT2D eigenvalue weighted by Crippen LogP contribution is 2.31. The Hall–Kier alpha value is -3.49. The Balaban J connectivity index is 1.95. The third-order valence-electron chi connectivity index (χ3n) is 4.56. The maximum Gasteiger partial charge on any atom is 0.262 e. The Labute approximate surface area is 166 Å². The molecule has 3 rings (SSSR count). The lowest BCUT2D eigenvalue weighted by molar-refractivity contribution is -0.117. The average molecular weight is 400 g/mol. The highest BCUT2D eigenvalue weighted by atomic mass is 19.1. The molecular weight excluding hydrogens is 379 g/mol. The zero-order valence-corrected chi connectivity index (χ0v) is 16.3. The van der Waals surface area contributed by atoms with Crippen LogP contribution in [-0.2, 0) is 4.79 Å². The highest BCUT2D eigenvalue weighted by Gasteiger charge is 2.30. The summed E-state index contributed by atoms with van der Waals surface area (Å²) in [6, 6.07) is 4.03. The summed E-state index contributed by atoms with van der Waals surface area (Å²) in [5, 5.41) is 7.63. The molecule has 0 radical (unpaired) electrons. The zero-order valence-electron chi connectivity index (χ0n) is 16.3. The minimum Gasteiger partial charge on any atom is -0.496 e. The van der Waals surface area contributed by atoms with Crippen LogP contribution in [0.25, 0.3) is 0 Å². The Bertz CT molecular complexity index is 989. The van der Waals surface area contributed by atoms with E-state index in [4.69, 9.17) is 4.74 Å². The highest BCUT2D eigenvalue weighted by molar-refractivity contribution is 6.10. The van der Waals surface area contributed by atoms with Crippen LogP contribution in [0.2, 0.25) is 0 Å². The molecule has 0 bridgehead atoms. The van der Waals surface area contributed by atoms with Crippen LogP contribution in [0.15, 0.2) is 24.4 Å². The van der Waals surface area contributed by atoms with Gasteiger partial charge >= 0.3 is 0 Å². The molecule has 3 amide bonds. The van der Waals surface area contributed by atoms with Crippen LogP contribution in [0.5, 0.6) is 5.75 Å². The smallest absolute Gasteiger partial charge is 0.262 e. The number of nitrogens with zero attached hydrogens (tertiary/aromatic N) is 1. The molecule has 1 aliphatic carbocycles. The number of carbonyl (C=O) groups is 3. The van der Waals surface area contributed by atoms with Gasteiger partial charge in [0.05, 0.1) is 18.4 Å². The van der Waals surface area contributed by atoms with Gasteiger partial charge in [-0.1, -0.05) is 6.07 Å². The van der Waals surface area contributed by atoms with Crippen molar-refractivity contribution in [3.05, 3.63) is 46.9 Å². The molecule has 0 unspecified atom stereocenters. The number of ether oxygens (including phenoxy) is 1. The van der Waals surface area contributed by atoms with Crippen molar-refractivity contribution in [2.45, 2.75) is 19.8 Å². The van der Waals surface area contributed by atoms with Crippen LogP contribution in [-0.4, -0.2) is 36.9 Å². The topological polar surface area (TPSA) is 109 Å². The zero-order chi connectivity index (χ0) is 21.1. The first-order valence-electron chi connectivity index (χ1n) is 9.03. The predicted octanol–water partition coefficient (Wildman–Crippen LogP) is 2.50. The number of pyridine rings is 1. The van der Waals surface area contributed by atoms with Crippen LogP contribution in [0, 0.1) is 18.7 Å². The van der Waals surface area contributed by atoms with Gasteiger partial charge in [-0.3, -0.25) is 14.4 Å². The Morgan fingerprint density at radius 1 is 1.17 bits per heavy atom. The fourth-order valence-electron chi connectivity index (χ4n) is 2.84. The van der Waals surface area contributed by atoms with Crippen molar-refractivity contribution in [1.82, 2.24) is 10.3 Å². The molecule has 8 nitrogen and oxygen atoms in total. The summed E-state index contributed by atoms with van der Waals surface area (Å²) in [6.07, 6.45) is 2.87. The minimum absolute atomic E-state index is 0.0425. The van der Waals surface area contributed by atoms with Gasteiger partial charge < -0.3 is 20.7 Å². The summed E-state index contributed by atoms with van der Waals surface area (Å²) < 4.78 is 19.5. The normalized spacial score (nSPS) is 12.8. The number of aryl methyl sites for hydroxylation is 1. The van der Waals surface area contributed by atoms with E-state index in [-0.39, 0.29) is 40.2 Å². The second kappa shape index (κ2) is 8.26. The van der Waals surface area contributed by atoms with E-state index >= 15 is 0 Å². The van der Waals surface area contributed by atoms with Gasteiger partial charge in [-0.2, -0.15) is 0 Å². The van der Waals surface area contributed by atoms with Crippen LogP contribution in [0.4, 0.5) is 15.9 Å². The monoisotopic (exact) mass is 400 g/mol. The Morgan fingerprint density at radius 2 is 1.90 bits per heavy atom. The van der Waals surface area contributed by atoms with Crippen molar-refractivity contribution in [1.29, 1.82) is 0 Å². The first kappa shape index (κ1) is 20.2. The van der Waals surface area contributed by atoms with Crippen LogP contribution >= 0.6 is 0 Å². The third-order valence-corrected chi connectivity index (χ3v) is 4.56. The van der Waals surface area contributed by atoms with E-state index in [0.29, 0.717) is 5.56 Å². The average Bonchev–Trinajstić information content (AvgIpc) is 3.54. The number of amides is 3. The number of hydrogen-bond acceptors (Lipinski definition) is 5. The SMILES string of the molecule is CNC(=O)c1cnc(NC(=O)C2CC2)cc1NC(=O)c1c(F)ccc(C)c1OC. The summed E-state index contributed by atoms with van der Waals surface area (Å²) in [5.74, 6) is -1.99. The van der Waals surface area contributed by atoms with Crippen molar-refractivity contribution < 1.29 is 23.5 Å². The lowest BCUT2D eigenvalue weighted by Crippen LogP contribution is -2.23. The molecule has 152 valence electrons. The van der Waals surface area contributed by atoms with Gasteiger partial charge in [-0.15, -0.1) is 0 Å². The molecule has 1 aromatic heterocycles. The summed E-state index contributed by atoms with van der Waals surface area (Å²) in [4.78, 5) is 41.0. The quantitative estimate of drug-likeness (QED) is 0.690. The fourth-order valence-corrected chi connectivity index (χ4v) is 2.84. The molecular formula is C20H21FN4O4. The fraction of sp³-hybridized carbons (Fsp3) is 0.300. The van der Waals surface area contributed by atoms with Crippen molar-refractivity contribution in [3.8, 4) is 5.75 Å². The lowest BCUT2D eigenvalue weighted by atomic mass is 10.1. The number of aromatic nitrogens is 1. The third kappa shape index (κ3) is 4.34. The van der Waals surface area contributed by atoms with Crippen LogP contribution in [0.1, 0.15) is 39.1 Å². The molecule has 29 heavy (non-hydrogen) atoms. The van der Waals surface area contributed by atoms with Gasteiger partial charge in [0.2, 0.25) is 5.91 Å². The van der Waals surface area contributed by atoms with E-state index < -0.39 is 17.6 Å². The van der Waals surface area contributed by atoms with Crippen molar-refractivity contribution in [2.75, 3.05) is 24.8 Å². The first-order chi connectivity index (χ1) is 13.8. The van der Waals surface area contributed by atoms with Crippen molar-refractivity contribution in [3.63, 3.8) is 0 Å². The second-order valence-corrected chi connectivity index (χ2v) is 6.68. The van der Waals surface area contributed by atoms with Gasteiger partial charge in [0.1, 0.15) is 22.9 Å². The van der Waals surface area contributed by atoms with Gasteiger partial charge in [0.15, 0.2) is 0 Å². The largest absolute Gasteiger partial charge is 0.496 e. The second-order valence-electron chi connectivity index (χ2n) is 6.68. The van der Waals surface area contributed by atoms with Gasteiger partial charge in [0, 0.05) is 25.2 Å². The molecule has 9 heteroatoms. The van der Waals surface area contributed by atoms with E-state index in [1.807, 2.05) is 0 Å². The van der Waals surface area contributed by atoms with E-state index in [0.717, 1.165) is 12.8 Å². The predicted molar refractivity (Wildman–Crippen MR) is 105 cm³/mol. The van der Waals surface area contributed by atoms with E-state index in [1.54, 1.807) is 6.92 Å². The number of anilines is 2. The number of nitrogens with one attached hydrogen (secondary N) is 3. The number of halogens is 1. The Morgan fingerprint density at radius 3 is 2.52 bits per heavy atom. The number of benzene rings is 1. The minimum atomic E-state index is -0.793. The molecule has 0 atom stereocenters. The summed E-state index contributed by atoms with van der Waals surface area (Å²) in [6.45, 7) is 1.68. The Kier molecular flexibility index (Phi) is 5.76. The van der Waals surface area contributed by atoms with Crippen LogP contribution in [0.3, 0.4) is 0 Å². The summed E-state index contributed by atoms with van der Waals surface area (Å²) in [7, 11) is 2.77. The van der Waals surface area contributed by atoms with E-state index in [9.17, 15) is 18.8 Å². The number of methoxy groups -OCH3 is 1. The molecule has 1 fully saturated rings. The molecule has 0 aliphatic heterocycles. The number of rotatable bonds is 6. The summed E-state index contributed by atoms with van der Waals surface area (Å²) in [5.41, 5.74) is 0.448. The molecule has 0 saturated heterocycles. The maximum absolute atomic E-state index is 14.4. The van der Waals surface area contributed by atoms with Crippen molar-refractivity contribution >= 4 is 29.2 Å². The molecule has 1 heterocycles. The van der Waals surface area contributed by atoms with Gasteiger partial charge in [-0.25, -0.2) is 9.37 Å².